The van der Waals surface area contributed by atoms with Crippen LogP contribution in [0.1, 0.15) is 19.3 Å². The lowest BCUT2D eigenvalue weighted by Crippen LogP contribution is -2.32. The van der Waals surface area contributed by atoms with Gasteiger partial charge in [-0.2, -0.15) is 0 Å². The van der Waals surface area contributed by atoms with Crippen LogP contribution >= 0.6 is 0 Å². The van der Waals surface area contributed by atoms with Crippen molar-refractivity contribution in [1.82, 2.24) is 0 Å². The summed E-state index contributed by atoms with van der Waals surface area (Å²) < 4.78 is 34.3. The Labute approximate surface area is 136 Å². The van der Waals surface area contributed by atoms with Crippen LogP contribution in [-0.2, 0) is 9.84 Å². The number of benzene rings is 1. The van der Waals surface area contributed by atoms with Crippen LogP contribution in [0.2, 0.25) is 0 Å². The number of hydrogen-bond donors (Lipinski definition) is 2. The molecule has 1 aromatic rings. The van der Waals surface area contributed by atoms with Gasteiger partial charge in [-0.15, -0.1) is 0 Å². The van der Waals surface area contributed by atoms with E-state index in [1.54, 1.807) is 32.4 Å². The number of nitrogens with zero attached hydrogens (tertiary/aromatic N) is 1. The van der Waals surface area contributed by atoms with E-state index in [1.165, 1.54) is 0 Å². The van der Waals surface area contributed by atoms with Crippen molar-refractivity contribution in [3.8, 4) is 11.5 Å². The Morgan fingerprint density at radius 1 is 1.30 bits per heavy atom. The first-order valence-corrected chi connectivity index (χ1v) is 9.18. The van der Waals surface area contributed by atoms with E-state index in [4.69, 9.17) is 15.2 Å². The lowest BCUT2D eigenvalue weighted by molar-refractivity contribution is 0.355. The summed E-state index contributed by atoms with van der Waals surface area (Å²) in [6.07, 6.45) is 2.31. The molecule has 0 amide bonds. The van der Waals surface area contributed by atoms with Crippen molar-refractivity contribution in [2.45, 2.75) is 24.5 Å². The van der Waals surface area contributed by atoms with E-state index in [9.17, 15) is 8.42 Å². The average molecular weight is 341 g/mol. The Balaban J connectivity index is 2.02. The van der Waals surface area contributed by atoms with Crippen LogP contribution < -0.4 is 20.5 Å². The zero-order valence-electron chi connectivity index (χ0n) is 13.4. The number of methoxy groups -OCH3 is 2. The standard InChI is InChI=1S/C15H23N3O4S/c1-21-13-7-6-11(9-14(13)22-2)18-15(16)17-10-12-5-3-4-8-23(12,19)20/h6-7,9,12H,3-5,8,10H2,1-2H3,(H3,16,17,18). The lowest BCUT2D eigenvalue weighted by Gasteiger charge is -2.20. The SMILES string of the molecule is COc1ccc(NC(N)=NCC2CCCCS2(=O)=O)cc1OC. The molecule has 1 saturated heterocycles. The van der Waals surface area contributed by atoms with Gasteiger partial charge in [-0.25, -0.2) is 8.42 Å². The molecule has 1 aliphatic heterocycles. The second kappa shape index (κ2) is 7.54. The van der Waals surface area contributed by atoms with Crippen LogP contribution in [0.15, 0.2) is 23.2 Å². The molecule has 0 radical (unpaired) electrons. The highest BCUT2D eigenvalue weighted by atomic mass is 32.2. The summed E-state index contributed by atoms with van der Waals surface area (Å²) in [7, 11) is 0.0708. The van der Waals surface area contributed by atoms with Crippen LogP contribution in [0.5, 0.6) is 11.5 Å². The van der Waals surface area contributed by atoms with Gasteiger partial charge < -0.3 is 20.5 Å². The summed E-state index contributed by atoms with van der Waals surface area (Å²) >= 11 is 0. The fourth-order valence-electron chi connectivity index (χ4n) is 2.53. The second-order valence-electron chi connectivity index (χ2n) is 5.41. The van der Waals surface area contributed by atoms with Gasteiger partial charge in [-0.3, -0.25) is 4.99 Å². The summed E-state index contributed by atoms with van der Waals surface area (Å²) in [6, 6.07) is 5.26. The van der Waals surface area contributed by atoms with Gasteiger partial charge in [0.1, 0.15) is 0 Å². The number of sulfone groups is 1. The fraction of sp³-hybridized carbons (Fsp3) is 0.533. The van der Waals surface area contributed by atoms with Crippen molar-refractivity contribution in [2.24, 2.45) is 10.7 Å². The number of nitrogens with two attached hydrogens (primary N) is 1. The summed E-state index contributed by atoms with van der Waals surface area (Å²) in [5, 5.41) is 2.50. The Kier molecular flexibility index (Phi) is 5.70. The molecule has 2 rings (SSSR count). The highest BCUT2D eigenvalue weighted by molar-refractivity contribution is 7.92. The molecule has 1 unspecified atom stereocenters. The summed E-state index contributed by atoms with van der Waals surface area (Å²) in [5.41, 5.74) is 6.54. The number of aliphatic imine (C=N–C) groups is 1. The van der Waals surface area contributed by atoms with E-state index >= 15 is 0 Å². The number of rotatable bonds is 5. The highest BCUT2D eigenvalue weighted by Crippen LogP contribution is 2.29. The number of guanidine groups is 1. The molecule has 0 saturated carbocycles. The van der Waals surface area contributed by atoms with Gasteiger partial charge in [0.25, 0.3) is 0 Å². The highest BCUT2D eigenvalue weighted by Gasteiger charge is 2.28. The van der Waals surface area contributed by atoms with Gasteiger partial charge in [0.05, 0.1) is 31.8 Å². The first-order chi connectivity index (χ1) is 11.0. The first-order valence-electron chi connectivity index (χ1n) is 7.47. The summed E-state index contributed by atoms with van der Waals surface area (Å²) in [6.45, 7) is 0.189. The minimum atomic E-state index is -3.04. The third-order valence-electron chi connectivity index (χ3n) is 3.83. The predicted molar refractivity (Wildman–Crippen MR) is 91.1 cm³/mol. The van der Waals surface area contributed by atoms with E-state index in [0.717, 1.165) is 12.8 Å². The minimum Gasteiger partial charge on any atom is -0.493 e. The van der Waals surface area contributed by atoms with Crippen molar-refractivity contribution in [3.05, 3.63) is 18.2 Å². The zero-order valence-corrected chi connectivity index (χ0v) is 14.2. The maximum absolute atomic E-state index is 11.9. The Hall–Kier alpha value is -1.96. The Morgan fingerprint density at radius 3 is 2.70 bits per heavy atom. The van der Waals surface area contributed by atoms with Crippen molar-refractivity contribution in [3.63, 3.8) is 0 Å². The van der Waals surface area contributed by atoms with E-state index in [-0.39, 0.29) is 18.3 Å². The summed E-state index contributed by atoms with van der Waals surface area (Å²) in [4.78, 5) is 4.17. The Bertz CT molecular complexity index is 673. The van der Waals surface area contributed by atoms with Crippen molar-refractivity contribution < 1.29 is 17.9 Å². The predicted octanol–water partition coefficient (Wildman–Crippen LogP) is 1.40. The van der Waals surface area contributed by atoms with E-state index in [1.807, 2.05) is 0 Å². The second-order valence-corrected chi connectivity index (χ2v) is 7.81. The van der Waals surface area contributed by atoms with Crippen LogP contribution in [0.3, 0.4) is 0 Å². The van der Waals surface area contributed by atoms with Crippen LogP contribution in [0.4, 0.5) is 5.69 Å². The van der Waals surface area contributed by atoms with Gasteiger partial charge in [0, 0.05) is 11.8 Å². The molecule has 0 aromatic heterocycles. The quantitative estimate of drug-likeness (QED) is 0.620. The fourth-order valence-corrected chi connectivity index (χ4v) is 4.30. The van der Waals surface area contributed by atoms with E-state index < -0.39 is 15.1 Å². The minimum absolute atomic E-state index is 0.179. The molecule has 0 bridgehead atoms. The number of nitrogens with one attached hydrogen (secondary N) is 1. The van der Waals surface area contributed by atoms with Gasteiger partial charge in [0.15, 0.2) is 27.3 Å². The zero-order chi connectivity index (χ0) is 16.9. The third-order valence-corrected chi connectivity index (χ3v) is 6.09. The topological polar surface area (TPSA) is 103 Å². The molecule has 8 heteroatoms. The van der Waals surface area contributed by atoms with Crippen molar-refractivity contribution >= 4 is 21.5 Å². The number of ether oxygens (including phenoxy) is 2. The molecular weight excluding hydrogens is 318 g/mol. The van der Waals surface area contributed by atoms with E-state index in [0.29, 0.717) is 23.6 Å². The molecule has 0 aliphatic carbocycles. The lowest BCUT2D eigenvalue weighted by atomic mass is 10.2. The van der Waals surface area contributed by atoms with Gasteiger partial charge in [0.2, 0.25) is 0 Å². The molecule has 1 atom stereocenters. The summed E-state index contributed by atoms with van der Waals surface area (Å²) in [5.74, 6) is 1.61. The largest absolute Gasteiger partial charge is 0.493 e. The maximum atomic E-state index is 11.9. The third kappa shape index (κ3) is 4.51. The molecule has 1 fully saturated rings. The molecule has 1 aromatic carbocycles. The van der Waals surface area contributed by atoms with Crippen LogP contribution in [0, 0.1) is 0 Å². The van der Waals surface area contributed by atoms with Gasteiger partial charge in [-0.05, 0) is 25.0 Å². The van der Waals surface area contributed by atoms with Crippen molar-refractivity contribution in [2.75, 3.05) is 31.8 Å². The average Bonchev–Trinajstić information content (AvgIpc) is 2.53. The maximum Gasteiger partial charge on any atom is 0.193 e. The molecule has 1 aliphatic rings. The van der Waals surface area contributed by atoms with Crippen molar-refractivity contribution in [1.29, 1.82) is 0 Å². The normalized spacial score (nSPS) is 20.8. The number of hydrogen-bond acceptors (Lipinski definition) is 5. The van der Waals surface area contributed by atoms with Crippen LogP contribution in [-0.4, -0.2) is 46.1 Å². The van der Waals surface area contributed by atoms with Gasteiger partial charge >= 0.3 is 0 Å². The van der Waals surface area contributed by atoms with E-state index in [2.05, 4.69) is 10.3 Å². The molecule has 128 valence electrons. The van der Waals surface area contributed by atoms with Gasteiger partial charge in [-0.1, -0.05) is 6.42 Å². The molecular formula is C15H23N3O4S. The smallest absolute Gasteiger partial charge is 0.193 e. The molecule has 7 nitrogen and oxygen atoms in total. The Morgan fingerprint density at radius 2 is 2.04 bits per heavy atom. The molecule has 23 heavy (non-hydrogen) atoms. The monoisotopic (exact) mass is 341 g/mol. The van der Waals surface area contributed by atoms with Crippen LogP contribution in [0.25, 0.3) is 0 Å². The first kappa shape index (κ1) is 17.4. The molecule has 0 spiro atoms. The number of anilines is 1. The molecule has 1 heterocycles. The molecule has 3 N–H and O–H groups in total.